The van der Waals surface area contributed by atoms with Crippen molar-refractivity contribution in [2.24, 2.45) is 0 Å². The van der Waals surface area contributed by atoms with Crippen LogP contribution in [0.4, 0.5) is 0 Å². The van der Waals surface area contributed by atoms with Crippen LogP contribution in [0.3, 0.4) is 0 Å². The van der Waals surface area contributed by atoms with E-state index in [9.17, 15) is 4.79 Å². The molecule has 0 spiro atoms. The van der Waals surface area contributed by atoms with Crippen molar-refractivity contribution < 1.29 is 9.32 Å². The Kier molecular flexibility index (Phi) is 6.09. The average molecular weight is 322 g/mol. The first-order chi connectivity index (χ1) is 10.6. The smallest absolute Gasteiger partial charge is 0.240 e. The SMILES string of the molecule is CCc1noc(CN(C)[C@@H](C)C(=O)NCCc2cccs2)n1. The Labute approximate surface area is 134 Å². The van der Waals surface area contributed by atoms with Gasteiger partial charge in [0.05, 0.1) is 12.6 Å². The van der Waals surface area contributed by atoms with Crippen LogP contribution < -0.4 is 5.32 Å². The number of aryl methyl sites for hydroxylation is 1. The van der Waals surface area contributed by atoms with Crippen molar-refractivity contribution in [3.63, 3.8) is 0 Å². The Balaban J connectivity index is 1.76. The number of hydrogen-bond donors (Lipinski definition) is 1. The molecular weight excluding hydrogens is 300 g/mol. The Bertz CT molecular complexity index is 582. The van der Waals surface area contributed by atoms with Crippen molar-refractivity contribution in [2.45, 2.75) is 39.3 Å². The fraction of sp³-hybridized carbons (Fsp3) is 0.533. The molecule has 0 bridgehead atoms. The van der Waals surface area contributed by atoms with Crippen molar-refractivity contribution in [3.05, 3.63) is 34.1 Å². The summed E-state index contributed by atoms with van der Waals surface area (Å²) in [5, 5.41) is 8.87. The van der Waals surface area contributed by atoms with Gasteiger partial charge in [0.25, 0.3) is 0 Å². The van der Waals surface area contributed by atoms with Gasteiger partial charge in [-0.15, -0.1) is 11.3 Å². The number of amides is 1. The van der Waals surface area contributed by atoms with Crippen molar-refractivity contribution in [3.8, 4) is 0 Å². The number of aromatic nitrogens is 2. The van der Waals surface area contributed by atoms with E-state index >= 15 is 0 Å². The zero-order valence-electron chi connectivity index (χ0n) is 13.2. The number of thiophene rings is 1. The predicted molar refractivity (Wildman–Crippen MR) is 85.6 cm³/mol. The minimum absolute atomic E-state index is 0.00860. The first-order valence-corrected chi connectivity index (χ1v) is 8.30. The van der Waals surface area contributed by atoms with Crippen LogP contribution in [0.5, 0.6) is 0 Å². The van der Waals surface area contributed by atoms with Crippen LogP contribution in [0.1, 0.15) is 30.4 Å². The van der Waals surface area contributed by atoms with Gasteiger partial charge in [0, 0.05) is 17.8 Å². The molecule has 7 heteroatoms. The highest BCUT2D eigenvalue weighted by Crippen LogP contribution is 2.09. The summed E-state index contributed by atoms with van der Waals surface area (Å²) in [6.07, 6.45) is 1.61. The standard InChI is InChI=1S/C15H22N4O2S/c1-4-13-17-14(21-18-13)10-19(3)11(2)15(20)16-8-7-12-6-5-9-22-12/h5-6,9,11H,4,7-8,10H2,1-3H3,(H,16,20)/t11-/m0/s1. The number of likely N-dealkylation sites (N-methyl/N-ethyl adjacent to an activating group) is 1. The molecule has 0 saturated heterocycles. The summed E-state index contributed by atoms with van der Waals surface area (Å²) in [4.78, 5) is 19.6. The monoisotopic (exact) mass is 322 g/mol. The first kappa shape index (κ1) is 16.6. The van der Waals surface area contributed by atoms with Crippen LogP contribution >= 0.6 is 11.3 Å². The molecule has 2 aromatic rings. The lowest BCUT2D eigenvalue weighted by molar-refractivity contribution is -0.125. The topological polar surface area (TPSA) is 71.3 Å². The van der Waals surface area contributed by atoms with Crippen LogP contribution in [0.2, 0.25) is 0 Å². The second-order valence-electron chi connectivity index (χ2n) is 5.17. The molecule has 22 heavy (non-hydrogen) atoms. The number of rotatable bonds is 8. The third-order valence-electron chi connectivity index (χ3n) is 3.50. The molecule has 1 amide bonds. The van der Waals surface area contributed by atoms with Crippen molar-refractivity contribution in [1.82, 2.24) is 20.4 Å². The molecule has 1 atom stereocenters. The zero-order chi connectivity index (χ0) is 15.9. The van der Waals surface area contributed by atoms with Gasteiger partial charge < -0.3 is 9.84 Å². The molecule has 0 aliphatic rings. The van der Waals surface area contributed by atoms with Crippen LogP contribution in [0.25, 0.3) is 0 Å². The molecule has 0 unspecified atom stereocenters. The Morgan fingerprint density at radius 2 is 2.36 bits per heavy atom. The lowest BCUT2D eigenvalue weighted by Crippen LogP contribution is -2.43. The largest absolute Gasteiger partial charge is 0.354 e. The van der Waals surface area contributed by atoms with Gasteiger partial charge in [-0.3, -0.25) is 9.69 Å². The quantitative estimate of drug-likeness (QED) is 0.803. The molecule has 0 aliphatic carbocycles. The predicted octanol–water partition coefficient (Wildman–Crippen LogP) is 1.87. The third-order valence-corrected chi connectivity index (χ3v) is 4.44. The summed E-state index contributed by atoms with van der Waals surface area (Å²) in [5.74, 6) is 1.24. The molecule has 2 aromatic heterocycles. The second kappa shape index (κ2) is 8.05. The maximum atomic E-state index is 12.1. The molecule has 6 nitrogen and oxygen atoms in total. The van der Waals surface area contributed by atoms with Crippen molar-refractivity contribution in [2.75, 3.05) is 13.6 Å². The van der Waals surface area contributed by atoms with E-state index in [1.54, 1.807) is 11.3 Å². The van der Waals surface area contributed by atoms with Crippen LogP contribution in [-0.2, 0) is 24.2 Å². The molecule has 0 saturated carbocycles. The molecule has 0 aliphatic heterocycles. The molecule has 2 rings (SSSR count). The van der Waals surface area contributed by atoms with E-state index < -0.39 is 0 Å². The van der Waals surface area contributed by atoms with Crippen LogP contribution in [0, 0.1) is 0 Å². The van der Waals surface area contributed by atoms with E-state index in [1.807, 2.05) is 37.2 Å². The van der Waals surface area contributed by atoms with Crippen LogP contribution in [0.15, 0.2) is 22.0 Å². The number of nitrogens with one attached hydrogen (secondary N) is 1. The summed E-state index contributed by atoms with van der Waals surface area (Å²) in [7, 11) is 1.87. The molecule has 0 aromatic carbocycles. The molecule has 0 fully saturated rings. The highest BCUT2D eigenvalue weighted by Gasteiger charge is 2.19. The lowest BCUT2D eigenvalue weighted by atomic mass is 10.2. The minimum atomic E-state index is -0.250. The Morgan fingerprint density at radius 3 is 3.00 bits per heavy atom. The highest BCUT2D eigenvalue weighted by atomic mass is 32.1. The summed E-state index contributed by atoms with van der Waals surface area (Å²) >= 11 is 1.71. The Morgan fingerprint density at radius 1 is 1.55 bits per heavy atom. The van der Waals surface area contributed by atoms with E-state index in [-0.39, 0.29) is 11.9 Å². The van der Waals surface area contributed by atoms with Gasteiger partial charge in [-0.05, 0) is 31.8 Å². The van der Waals surface area contributed by atoms with E-state index in [2.05, 4.69) is 21.5 Å². The van der Waals surface area contributed by atoms with Gasteiger partial charge in [-0.2, -0.15) is 4.98 Å². The number of nitrogens with zero attached hydrogens (tertiary/aromatic N) is 3. The fourth-order valence-electron chi connectivity index (χ4n) is 1.96. The minimum Gasteiger partial charge on any atom is -0.354 e. The summed E-state index contributed by atoms with van der Waals surface area (Å²) < 4.78 is 5.15. The number of hydrogen-bond acceptors (Lipinski definition) is 6. The third kappa shape index (κ3) is 4.64. The molecule has 2 heterocycles. The van der Waals surface area contributed by atoms with Gasteiger partial charge in [0.2, 0.25) is 11.8 Å². The first-order valence-electron chi connectivity index (χ1n) is 7.42. The molecule has 0 radical (unpaired) electrons. The van der Waals surface area contributed by atoms with Gasteiger partial charge in [0.1, 0.15) is 0 Å². The fourth-order valence-corrected chi connectivity index (χ4v) is 2.67. The normalized spacial score (nSPS) is 12.5. The van der Waals surface area contributed by atoms with Gasteiger partial charge in [0.15, 0.2) is 5.82 Å². The average Bonchev–Trinajstić information content (AvgIpc) is 3.17. The molecule has 1 N–H and O–H groups in total. The van der Waals surface area contributed by atoms with Gasteiger partial charge >= 0.3 is 0 Å². The summed E-state index contributed by atoms with van der Waals surface area (Å²) in [6.45, 7) is 4.96. The lowest BCUT2D eigenvalue weighted by Gasteiger charge is -2.22. The van der Waals surface area contributed by atoms with Crippen LogP contribution in [-0.4, -0.2) is 40.6 Å². The maximum Gasteiger partial charge on any atom is 0.240 e. The van der Waals surface area contributed by atoms with Gasteiger partial charge in [-0.25, -0.2) is 0 Å². The second-order valence-corrected chi connectivity index (χ2v) is 6.20. The number of carbonyl (C=O) groups excluding carboxylic acids is 1. The zero-order valence-corrected chi connectivity index (χ0v) is 14.0. The highest BCUT2D eigenvalue weighted by molar-refractivity contribution is 7.09. The van der Waals surface area contributed by atoms with E-state index in [0.717, 1.165) is 12.8 Å². The molecular formula is C15H22N4O2S. The summed E-state index contributed by atoms with van der Waals surface area (Å²) in [6, 6.07) is 3.85. The number of carbonyl (C=O) groups is 1. The van der Waals surface area contributed by atoms with Crippen molar-refractivity contribution in [1.29, 1.82) is 0 Å². The van der Waals surface area contributed by atoms with Gasteiger partial charge in [-0.1, -0.05) is 18.1 Å². The van der Waals surface area contributed by atoms with E-state index in [4.69, 9.17) is 4.52 Å². The maximum absolute atomic E-state index is 12.1. The van der Waals surface area contributed by atoms with E-state index in [0.29, 0.717) is 24.8 Å². The summed E-state index contributed by atoms with van der Waals surface area (Å²) in [5.41, 5.74) is 0. The van der Waals surface area contributed by atoms with E-state index in [1.165, 1.54) is 4.88 Å². The van der Waals surface area contributed by atoms with Crippen molar-refractivity contribution >= 4 is 17.2 Å². The molecule has 120 valence electrons. The Hall–Kier alpha value is -1.73.